The van der Waals surface area contributed by atoms with E-state index in [-0.39, 0.29) is 11.9 Å². The molecular weight excluding hydrogens is 193 g/mol. The van der Waals surface area contributed by atoms with Gasteiger partial charge in [-0.15, -0.1) is 0 Å². The molecule has 0 aliphatic carbocycles. The Labute approximate surface area is 88.9 Å². The van der Waals surface area contributed by atoms with Crippen molar-refractivity contribution in [3.8, 4) is 6.07 Å². The maximum Gasteiger partial charge on any atom is 0.141 e. The summed E-state index contributed by atoms with van der Waals surface area (Å²) in [6.45, 7) is 2.66. The van der Waals surface area contributed by atoms with E-state index in [9.17, 15) is 4.39 Å². The Balaban J connectivity index is 2.58. The summed E-state index contributed by atoms with van der Waals surface area (Å²) in [6.07, 6.45) is 2.55. The third kappa shape index (κ3) is 3.64. The molecule has 4 heteroatoms. The number of aromatic nitrogens is 1. The molecule has 1 aromatic rings. The second kappa shape index (κ2) is 6.10. The average molecular weight is 207 g/mol. The lowest BCUT2D eigenvalue weighted by atomic mass is 10.1. The fourth-order valence-electron chi connectivity index (χ4n) is 1.35. The molecule has 0 aliphatic heterocycles. The zero-order valence-corrected chi connectivity index (χ0v) is 8.70. The first kappa shape index (κ1) is 11.6. The molecule has 0 fully saturated rings. The lowest BCUT2D eigenvalue weighted by Gasteiger charge is -2.15. The molecule has 0 aromatic carbocycles. The molecular formula is C11H14FN3. The summed E-state index contributed by atoms with van der Waals surface area (Å²) in [7, 11) is 0. The first-order chi connectivity index (χ1) is 7.27. The molecule has 1 N–H and O–H groups in total. The van der Waals surface area contributed by atoms with Crippen LogP contribution in [-0.4, -0.2) is 11.5 Å². The normalized spacial score (nSPS) is 12.1. The molecule has 1 heterocycles. The number of pyridine rings is 1. The number of halogens is 1. The van der Waals surface area contributed by atoms with Gasteiger partial charge in [0.15, 0.2) is 0 Å². The molecule has 0 bridgehead atoms. The predicted octanol–water partition coefficient (Wildman–Crippen LogP) is 2.18. The van der Waals surface area contributed by atoms with Gasteiger partial charge >= 0.3 is 0 Å². The largest absolute Gasteiger partial charge is 0.308 e. The number of nitriles is 1. The van der Waals surface area contributed by atoms with Crippen molar-refractivity contribution in [2.75, 3.05) is 6.54 Å². The Morgan fingerprint density at radius 2 is 2.40 bits per heavy atom. The molecule has 0 amide bonds. The highest BCUT2D eigenvalue weighted by Gasteiger charge is 2.09. The van der Waals surface area contributed by atoms with Crippen molar-refractivity contribution in [2.24, 2.45) is 0 Å². The molecule has 80 valence electrons. The number of hydrogen-bond donors (Lipinski definition) is 1. The first-order valence-electron chi connectivity index (χ1n) is 4.99. The smallest absolute Gasteiger partial charge is 0.141 e. The Bertz CT molecular complexity index is 329. The lowest BCUT2D eigenvalue weighted by Crippen LogP contribution is -2.22. The highest BCUT2D eigenvalue weighted by molar-refractivity contribution is 5.09. The molecule has 0 saturated carbocycles. The molecule has 3 nitrogen and oxygen atoms in total. The molecule has 0 aliphatic rings. The maximum absolute atomic E-state index is 12.6. The number of rotatable bonds is 5. The van der Waals surface area contributed by atoms with Crippen molar-refractivity contribution in [1.29, 1.82) is 5.26 Å². The number of nitrogens with zero attached hydrogens (tertiary/aromatic N) is 2. The van der Waals surface area contributed by atoms with Crippen molar-refractivity contribution in [3.05, 3.63) is 29.8 Å². The van der Waals surface area contributed by atoms with Crippen LogP contribution >= 0.6 is 0 Å². The van der Waals surface area contributed by atoms with Gasteiger partial charge in [-0.2, -0.15) is 5.26 Å². The van der Waals surface area contributed by atoms with Crippen LogP contribution in [0.1, 0.15) is 31.5 Å². The van der Waals surface area contributed by atoms with E-state index in [1.807, 2.05) is 6.92 Å². The summed E-state index contributed by atoms with van der Waals surface area (Å²) >= 11 is 0. The molecule has 0 spiro atoms. The Kier molecular flexibility index (Phi) is 4.72. The van der Waals surface area contributed by atoms with Gasteiger partial charge in [0.2, 0.25) is 0 Å². The zero-order valence-electron chi connectivity index (χ0n) is 8.70. The highest BCUT2D eigenvalue weighted by atomic mass is 19.1. The molecule has 1 rings (SSSR count). The fourth-order valence-corrected chi connectivity index (χ4v) is 1.35. The third-order valence-corrected chi connectivity index (χ3v) is 2.14. The second-order valence-corrected chi connectivity index (χ2v) is 3.22. The molecule has 0 radical (unpaired) electrons. The predicted molar refractivity (Wildman–Crippen MR) is 55.5 cm³/mol. The molecule has 0 saturated heterocycles. The van der Waals surface area contributed by atoms with Crippen LogP contribution in [0.5, 0.6) is 0 Å². The minimum atomic E-state index is -0.328. The SMILES string of the molecule is CCC(NCCC#N)c1ccc(F)cn1. The second-order valence-electron chi connectivity index (χ2n) is 3.22. The third-order valence-electron chi connectivity index (χ3n) is 2.14. The topological polar surface area (TPSA) is 48.7 Å². The van der Waals surface area contributed by atoms with Crippen LogP contribution in [0.25, 0.3) is 0 Å². The van der Waals surface area contributed by atoms with E-state index in [2.05, 4.69) is 16.4 Å². The lowest BCUT2D eigenvalue weighted by molar-refractivity contribution is 0.511. The zero-order chi connectivity index (χ0) is 11.1. The highest BCUT2D eigenvalue weighted by Crippen LogP contribution is 2.13. The Hall–Kier alpha value is -1.47. The minimum absolute atomic E-state index is 0.0962. The number of hydrogen-bond acceptors (Lipinski definition) is 3. The van der Waals surface area contributed by atoms with E-state index in [0.29, 0.717) is 13.0 Å². The standard InChI is InChI=1S/C11H14FN3/c1-2-10(14-7-3-6-13)11-5-4-9(12)8-15-11/h4-5,8,10,14H,2-3,7H2,1H3. The van der Waals surface area contributed by atoms with Crippen LogP contribution in [0, 0.1) is 17.1 Å². The summed E-state index contributed by atoms with van der Waals surface area (Å²) < 4.78 is 12.6. The summed E-state index contributed by atoms with van der Waals surface area (Å²) in [5.41, 5.74) is 0.817. The molecule has 1 unspecified atom stereocenters. The summed E-state index contributed by atoms with van der Waals surface area (Å²) in [4.78, 5) is 4.01. The van der Waals surface area contributed by atoms with E-state index in [1.165, 1.54) is 12.3 Å². The van der Waals surface area contributed by atoms with E-state index >= 15 is 0 Å². The van der Waals surface area contributed by atoms with E-state index in [1.54, 1.807) is 6.07 Å². The van der Waals surface area contributed by atoms with Crippen molar-refractivity contribution < 1.29 is 4.39 Å². The summed E-state index contributed by atoms with van der Waals surface area (Å²) in [5.74, 6) is -0.328. The average Bonchev–Trinajstić information content (AvgIpc) is 2.26. The van der Waals surface area contributed by atoms with Gasteiger partial charge in [0, 0.05) is 19.0 Å². The van der Waals surface area contributed by atoms with Gasteiger partial charge in [-0.05, 0) is 18.6 Å². The van der Waals surface area contributed by atoms with Crippen molar-refractivity contribution in [2.45, 2.75) is 25.8 Å². The van der Waals surface area contributed by atoms with Gasteiger partial charge < -0.3 is 5.32 Å². The summed E-state index contributed by atoms with van der Waals surface area (Å²) in [6, 6.07) is 5.23. The van der Waals surface area contributed by atoms with Gasteiger partial charge in [0.25, 0.3) is 0 Å². The monoisotopic (exact) mass is 207 g/mol. The summed E-state index contributed by atoms with van der Waals surface area (Å²) in [5, 5.41) is 11.6. The van der Waals surface area contributed by atoms with Crippen LogP contribution in [-0.2, 0) is 0 Å². The van der Waals surface area contributed by atoms with E-state index in [0.717, 1.165) is 12.1 Å². The molecule has 1 aromatic heterocycles. The van der Waals surface area contributed by atoms with E-state index in [4.69, 9.17) is 5.26 Å². The van der Waals surface area contributed by atoms with Crippen molar-refractivity contribution in [3.63, 3.8) is 0 Å². The quantitative estimate of drug-likeness (QED) is 0.753. The number of nitrogens with one attached hydrogen (secondary N) is 1. The van der Waals surface area contributed by atoms with Crippen molar-refractivity contribution in [1.82, 2.24) is 10.3 Å². The fraction of sp³-hybridized carbons (Fsp3) is 0.455. The van der Waals surface area contributed by atoms with Gasteiger partial charge in [-0.1, -0.05) is 6.92 Å². The van der Waals surface area contributed by atoms with Crippen LogP contribution in [0.4, 0.5) is 4.39 Å². The van der Waals surface area contributed by atoms with Gasteiger partial charge in [-0.25, -0.2) is 4.39 Å². The van der Waals surface area contributed by atoms with Gasteiger partial charge in [0.05, 0.1) is 18.0 Å². The van der Waals surface area contributed by atoms with Crippen molar-refractivity contribution >= 4 is 0 Å². The molecule has 15 heavy (non-hydrogen) atoms. The van der Waals surface area contributed by atoms with Crippen LogP contribution in [0.2, 0.25) is 0 Å². The Morgan fingerprint density at radius 3 is 2.93 bits per heavy atom. The Morgan fingerprint density at radius 1 is 1.60 bits per heavy atom. The first-order valence-corrected chi connectivity index (χ1v) is 4.99. The van der Waals surface area contributed by atoms with Crippen LogP contribution in [0.15, 0.2) is 18.3 Å². The minimum Gasteiger partial charge on any atom is -0.308 e. The van der Waals surface area contributed by atoms with Crippen LogP contribution < -0.4 is 5.32 Å². The molecule has 1 atom stereocenters. The van der Waals surface area contributed by atoms with Gasteiger partial charge in [0.1, 0.15) is 5.82 Å². The van der Waals surface area contributed by atoms with Crippen LogP contribution in [0.3, 0.4) is 0 Å². The van der Waals surface area contributed by atoms with E-state index < -0.39 is 0 Å². The maximum atomic E-state index is 12.6. The van der Waals surface area contributed by atoms with Gasteiger partial charge in [-0.3, -0.25) is 4.98 Å².